The zero-order chi connectivity index (χ0) is 9.80. The summed E-state index contributed by atoms with van der Waals surface area (Å²) in [6.07, 6.45) is 4.40. The van der Waals surface area contributed by atoms with E-state index in [1.165, 1.54) is 0 Å². The molecule has 0 aliphatic rings. The fourth-order valence-electron chi connectivity index (χ4n) is 1.23. The van der Waals surface area contributed by atoms with E-state index in [0.29, 0.717) is 5.82 Å². The SMILES string of the molecule is COc1ccccc1-c1n[c]ccn1. The highest BCUT2D eigenvalue weighted by molar-refractivity contribution is 5.63. The summed E-state index contributed by atoms with van der Waals surface area (Å²) in [5.41, 5.74) is 0.881. The molecule has 3 nitrogen and oxygen atoms in total. The second kappa shape index (κ2) is 3.87. The van der Waals surface area contributed by atoms with Crippen LogP contribution in [0.3, 0.4) is 0 Å². The molecule has 1 aromatic heterocycles. The van der Waals surface area contributed by atoms with E-state index in [-0.39, 0.29) is 0 Å². The third kappa shape index (κ3) is 1.57. The topological polar surface area (TPSA) is 35.0 Å². The van der Waals surface area contributed by atoms with Crippen LogP contribution in [-0.4, -0.2) is 17.1 Å². The first kappa shape index (κ1) is 8.69. The van der Waals surface area contributed by atoms with Crippen molar-refractivity contribution < 1.29 is 4.74 Å². The van der Waals surface area contributed by atoms with Crippen LogP contribution in [0.25, 0.3) is 11.4 Å². The lowest BCUT2D eigenvalue weighted by Crippen LogP contribution is -1.91. The predicted octanol–water partition coefficient (Wildman–Crippen LogP) is 1.95. The van der Waals surface area contributed by atoms with Crippen LogP contribution in [0.1, 0.15) is 0 Å². The molecule has 0 bridgehead atoms. The maximum absolute atomic E-state index is 5.21. The molecule has 1 heterocycles. The minimum absolute atomic E-state index is 0.630. The molecular weight excluding hydrogens is 176 g/mol. The molecule has 14 heavy (non-hydrogen) atoms. The van der Waals surface area contributed by atoms with Crippen molar-refractivity contribution in [1.29, 1.82) is 0 Å². The monoisotopic (exact) mass is 185 g/mol. The first-order valence-corrected chi connectivity index (χ1v) is 4.24. The summed E-state index contributed by atoms with van der Waals surface area (Å²) >= 11 is 0. The van der Waals surface area contributed by atoms with Crippen LogP contribution < -0.4 is 4.74 Å². The van der Waals surface area contributed by atoms with E-state index in [2.05, 4.69) is 16.2 Å². The Balaban J connectivity index is 2.51. The molecule has 0 atom stereocenters. The maximum atomic E-state index is 5.21. The van der Waals surface area contributed by atoms with E-state index in [4.69, 9.17) is 4.74 Å². The number of aromatic nitrogens is 2. The van der Waals surface area contributed by atoms with Crippen LogP contribution in [0, 0.1) is 6.20 Å². The van der Waals surface area contributed by atoms with Gasteiger partial charge in [-0.15, -0.1) is 0 Å². The zero-order valence-corrected chi connectivity index (χ0v) is 7.77. The Morgan fingerprint density at radius 2 is 2.14 bits per heavy atom. The lowest BCUT2D eigenvalue weighted by molar-refractivity contribution is 0.416. The molecule has 0 fully saturated rings. The normalized spacial score (nSPS) is 9.79. The second-order valence-corrected chi connectivity index (χ2v) is 2.71. The van der Waals surface area contributed by atoms with Crippen LogP contribution in [0.15, 0.2) is 36.5 Å². The summed E-state index contributed by atoms with van der Waals surface area (Å²) in [5, 5.41) is 0. The Bertz CT molecular complexity index is 415. The summed E-state index contributed by atoms with van der Waals surface area (Å²) in [6, 6.07) is 9.30. The molecule has 0 aliphatic carbocycles. The fourth-order valence-corrected chi connectivity index (χ4v) is 1.23. The van der Waals surface area contributed by atoms with E-state index in [0.717, 1.165) is 11.3 Å². The molecule has 2 aromatic rings. The zero-order valence-electron chi connectivity index (χ0n) is 7.77. The molecule has 1 radical (unpaired) electrons. The van der Waals surface area contributed by atoms with Crippen molar-refractivity contribution in [3.63, 3.8) is 0 Å². The van der Waals surface area contributed by atoms with Crippen LogP contribution >= 0.6 is 0 Å². The Hall–Kier alpha value is -1.90. The van der Waals surface area contributed by atoms with Crippen molar-refractivity contribution in [2.75, 3.05) is 7.11 Å². The van der Waals surface area contributed by atoms with Crippen molar-refractivity contribution in [2.24, 2.45) is 0 Å². The van der Waals surface area contributed by atoms with E-state index in [1.54, 1.807) is 19.4 Å². The fraction of sp³-hybridized carbons (Fsp3) is 0.0909. The van der Waals surface area contributed by atoms with E-state index in [1.807, 2.05) is 24.3 Å². The highest BCUT2D eigenvalue weighted by Gasteiger charge is 2.05. The molecule has 1 aromatic carbocycles. The van der Waals surface area contributed by atoms with Crippen LogP contribution in [0.4, 0.5) is 0 Å². The third-order valence-corrected chi connectivity index (χ3v) is 1.86. The number of ether oxygens (including phenoxy) is 1. The van der Waals surface area contributed by atoms with Crippen molar-refractivity contribution in [1.82, 2.24) is 9.97 Å². The highest BCUT2D eigenvalue weighted by atomic mass is 16.5. The molecule has 0 saturated heterocycles. The minimum Gasteiger partial charge on any atom is -0.496 e. The average molecular weight is 185 g/mol. The summed E-state index contributed by atoms with van der Waals surface area (Å²) in [6.45, 7) is 0. The van der Waals surface area contributed by atoms with Gasteiger partial charge in [0.1, 0.15) is 5.75 Å². The van der Waals surface area contributed by atoms with E-state index in [9.17, 15) is 0 Å². The quantitative estimate of drug-likeness (QED) is 0.717. The summed E-state index contributed by atoms with van der Waals surface area (Å²) in [7, 11) is 1.63. The molecular formula is C11H9N2O. The van der Waals surface area contributed by atoms with Gasteiger partial charge in [-0.25, -0.2) is 9.97 Å². The van der Waals surface area contributed by atoms with Crippen molar-refractivity contribution in [3.8, 4) is 17.1 Å². The molecule has 69 valence electrons. The number of hydrogen-bond donors (Lipinski definition) is 0. The molecule has 0 saturated carbocycles. The molecule has 0 amide bonds. The lowest BCUT2D eigenvalue weighted by Gasteiger charge is -2.05. The predicted molar refractivity (Wildman–Crippen MR) is 52.9 cm³/mol. The average Bonchev–Trinajstić information content (AvgIpc) is 2.30. The molecule has 0 N–H and O–H groups in total. The van der Waals surface area contributed by atoms with Gasteiger partial charge in [0.2, 0.25) is 0 Å². The Labute approximate surface area is 82.4 Å². The molecule has 0 aliphatic heterocycles. The number of methoxy groups -OCH3 is 1. The lowest BCUT2D eigenvalue weighted by atomic mass is 10.2. The van der Waals surface area contributed by atoms with Gasteiger partial charge in [-0.1, -0.05) is 12.1 Å². The highest BCUT2D eigenvalue weighted by Crippen LogP contribution is 2.25. The van der Waals surface area contributed by atoms with Gasteiger partial charge in [0.25, 0.3) is 0 Å². The van der Waals surface area contributed by atoms with E-state index >= 15 is 0 Å². The first-order chi connectivity index (χ1) is 6.92. The van der Waals surface area contributed by atoms with Gasteiger partial charge in [-0.2, -0.15) is 0 Å². The summed E-state index contributed by atoms with van der Waals surface area (Å²) in [4.78, 5) is 8.18. The first-order valence-electron chi connectivity index (χ1n) is 4.24. The summed E-state index contributed by atoms with van der Waals surface area (Å²) in [5.74, 6) is 1.40. The number of para-hydroxylation sites is 1. The Kier molecular flexibility index (Phi) is 2.40. The number of nitrogens with zero attached hydrogens (tertiary/aromatic N) is 2. The summed E-state index contributed by atoms with van der Waals surface area (Å²) < 4.78 is 5.21. The van der Waals surface area contributed by atoms with Crippen LogP contribution in [0.2, 0.25) is 0 Å². The number of benzene rings is 1. The van der Waals surface area contributed by atoms with E-state index < -0.39 is 0 Å². The van der Waals surface area contributed by atoms with Gasteiger partial charge in [0.15, 0.2) is 5.82 Å². The van der Waals surface area contributed by atoms with Gasteiger partial charge in [-0.05, 0) is 18.2 Å². The van der Waals surface area contributed by atoms with Gasteiger partial charge < -0.3 is 4.74 Å². The number of rotatable bonds is 2. The third-order valence-electron chi connectivity index (χ3n) is 1.86. The molecule has 0 spiro atoms. The van der Waals surface area contributed by atoms with Gasteiger partial charge in [0, 0.05) is 6.20 Å². The number of hydrogen-bond acceptors (Lipinski definition) is 3. The second-order valence-electron chi connectivity index (χ2n) is 2.71. The smallest absolute Gasteiger partial charge is 0.163 e. The maximum Gasteiger partial charge on any atom is 0.163 e. The molecule has 2 rings (SSSR count). The molecule has 0 unspecified atom stereocenters. The standard InChI is InChI=1S/C11H9N2O/c1-14-10-6-3-2-5-9(10)11-12-7-4-8-13-11/h2-7H,1H3. The van der Waals surface area contributed by atoms with Gasteiger partial charge in [0.05, 0.1) is 18.9 Å². The van der Waals surface area contributed by atoms with Crippen LogP contribution in [0.5, 0.6) is 5.75 Å². The van der Waals surface area contributed by atoms with Crippen molar-refractivity contribution >= 4 is 0 Å². The Morgan fingerprint density at radius 1 is 1.29 bits per heavy atom. The minimum atomic E-state index is 0.630. The van der Waals surface area contributed by atoms with Gasteiger partial charge in [-0.3, -0.25) is 0 Å². The van der Waals surface area contributed by atoms with Crippen LogP contribution in [-0.2, 0) is 0 Å². The molecule has 3 heteroatoms. The van der Waals surface area contributed by atoms with Gasteiger partial charge >= 0.3 is 0 Å². The van der Waals surface area contributed by atoms with Crippen molar-refractivity contribution in [2.45, 2.75) is 0 Å². The largest absolute Gasteiger partial charge is 0.496 e. The van der Waals surface area contributed by atoms with Crippen molar-refractivity contribution in [3.05, 3.63) is 42.7 Å². The Morgan fingerprint density at radius 3 is 2.86 bits per heavy atom.